The first-order chi connectivity index (χ1) is 14.4. The van der Waals surface area contributed by atoms with Crippen LogP contribution in [0.25, 0.3) is 11.2 Å². The summed E-state index contributed by atoms with van der Waals surface area (Å²) in [4.78, 5) is 42.4. The number of carbonyl (C=O) groups excluding carboxylic acids is 1. The van der Waals surface area contributed by atoms with E-state index in [-0.39, 0.29) is 36.7 Å². The molecular formula is C18H23F3N6O4. The predicted octanol–water partition coefficient (Wildman–Crippen LogP) is 0.241. The maximum atomic E-state index is 12.9. The topological polar surface area (TPSA) is 103 Å². The van der Waals surface area contributed by atoms with Crippen molar-refractivity contribution < 1.29 is 22.7 Å². The van der Waals surface area contributed by atoms with Gasteiger partial charge >= 0.3 is 17.8 Å². The van der Waals surface area contributed by atoms with Gasteiger partial charge in [-0.15, -0.1) is 0 Å². The Morgan fingerprint density at radius 3 is 2.55 bits per heavy atom. The average Bonchev–Trinajstić information content (AvgIpc) is 3.08. The van der Waals surface area contributed by atoms with E-state index in [0.29, 0.717) is 6.54 Å². The van der Waals surface area contributed by atoms with Crippen molar-refractivity contribution in [2.45, 2.75) is 32.8 Å². The van der Waals surface area contributed by atoms with Crippen molar-refractivity contribution in [1.29, 1.82) is 0 Å². The number of nitrogens with zero attached hydrogens (tertiary/aromatic N) is 5. The third-order valence-electron chi connectivity index (χ3n) is 4.94. The molecule has 0 aliphatic carbocycles. The van der Waals surface area contributed by atoms with Crippen LogP contribution < -0.4 is 21.5 Å². The monoisotopic (exact) mass is 444 g/mol. The predicted molar refractivity (Wildman–Crippen MR) is 106 cm³/mol. The van der Waals surface area contributed by atoms with E-state index >= 15 is 0 Å². The van der Waals surface area contributed by atoms with Crippen LogP contribution in [0, 0.1) is 0 Å². The molecule has 170 valence electrons. The molecule has 1 fully saturated rings. The summed E-state index contributed by atoms with van der Waals surface area (Å²) < 4.78 is 46.6. The van der Waals surface area contributed by atoms with Crippen molar-refractivity contribution in [2.24, 2.45) is 14.1 Å². The lowest BCUT2D eigenvalue weighted by Crippen LogP contribution is -2.55. The van der Waals surface area contributed by atoms with Gasteiger partial charge < -0.3 is 19.5 Å². The van der Waals surface area contributed by atoms with E-state index in [1.54, 1.807) is 0 Å². The first kappa shape index (κ1) is 22.6. The number of imidazole rings is 1. The zero-order chi connectivity index (χ0) is 23.1. The first-order valence-electron chi connectivity index (χ1n) is 9.48. The molecule has 1 N–H and O–H groups in total. The zero-order valence-electron chi connectivity index (χ0n) is 17.5. The molecule has 0 spiro atoms. The van der Waals surface area contributed by atoms with Crippen molar-refractivity contribution in [1.82, 2.24) is 24.0 Å². The van der Waals surface area contributed by atoms with Crippen LogP contribution in [-0.4, -0.2) is 56.7 Å². The number of fused-ring (bicyclic) bond motifs is 1. The number of halogens is 3. The van der Waals surface area contributed by atoms with Crippen LogP contribution in [0.5, 0.6) is 0 Å². The Labute approximate surface area is 174 Å². The molecule has 1 atom stereocenters. The van der Waals surface area contributed by atoms with Gasteiger partial charge in [0.15, 0.2) is 17.4 Å². The van der Waals surface area contributed by atoms with Crippen LogP contribution in [0.15, 0.2) is 21.2 Å². The third-order valence-corrected chi connectivity index (χ3v) is 4.94. The Morgan fingerprint density at radius 2 is 1.94 bits per heavy atom. The number of aryl methyl sites for hydroxylation is 1. The van der Waals surface area contributed by atoms with Crippen molar-refractivity contribution in [3.8, 4) is 0 Å². The van der Waals surface area contributed by atoms with Crippen LogP contribution in [0.1, 0.15) is 13.8 Å². The molecule has 2 aromatic heterocycles. The van der Waals surface area contributed by atoms with Gasteiger partial charge in [0.05, 0.1) is 6.54 Å². The second-order valence-electron chi connectivity index (χ2n) is 7.44. The van der Waals surface area contributed by atoms with Gasteiger partial charge in [0, 0.05) is 33.7 Å². The third kappa shape index (κ3) is 4.22. The highest BCUT2D eigenvalue weighted by Gasteiger charge is 2.44. The van der Waals surface area contributed by atoms with Gasteiger partial charge in [-0.25, -0.2) is 9.59 Å². The smallest absolute Gasteiger partial charge is 0.433 e. The Morgan fingerprint density at radius 1 is 1.26 bits per heavy atom. The van der Waals surface area contributed by atoms with Crippen molar-refractivity contribution in [3.63, 3.8) is 0 Å². The highest BCUT2D eigenvalue weighted by molar-refractivity contribution is 5.77. The molecule has 0 amide bonds. The lowest BCUT2D eigenvalue weighted by Gasteiger charge is -2.36. The summed E-state index contributed by atoms with van der Waals surface area (Å²) in [5.74, 6) is -2.19. The van der Waals surface area contributed by atoms with Crippen LogP contribution in [0.2, 0.25) is 0 Å². The Kier molecular flexibility index (Phi) is 5.98. The minimum atomic E-state index is -5.15. The number of anilines is 1. The van der Waals surface area contributed by atoms with Crippen molar-refractivity contribution in [3.05, 3.63) is 32.5 Å². The highest BCUT2D eigenvalue weighted by Crippen LogP contribution is 2.25. The normalized spacial score (nSPS) is 17.1. The zero-order valence-corrected chi connectivity index (χ0v) is 17.5. The van der Waals surface area contributed by atoms with Crippen molar-refractivity contribution >= 4 is 23.1 Å². The second kappa shape index (κ2) is 8.21. The lowest BCUT2D eigenvalue weighted by molar-refractivity contribution is -0.205. The number of esters is 1. The fourth-order valence-corrected chi connectivity index (χ4v) is 3.30. The van der Waals surface area contributed by atoms with Crippen LogP contribution in [0.3, 0.4) is 0 Å². The second-order valence-corrected chi connectivity index (χ2v) is 7.44. The van der Waals surface area contributed by atoms with Gasteiger partial charge in [-0.2, -0.15) is 18.2 Å². The van der Waals surface area contributed by atoms with Gasteiger partial charge in [-0.3, -0.25) is 13.9 Å². The number of piperazine rings is 1. The number of hydrogen-bond donors (Lipinski definition) is 1. The van der Waals surface area contributed by atoms with Gasteiger partial charge in [0.1, 0.15) is 0 Å². The molecule has 2 aromatic rings. The molecule has 1 unspecified atom stereocenters. The summed E-state index contributed by atoms with van der Waals surface area (Å²) in [5.41, 5.74) is -0.0229. The molecule has 13 heteroatoms. The Balaban J connectivity index is 2.20. The Bertz CT molecular complexity index is 1160. The van der Waals surface area contributed by atoms with E-state index in [1.807, 2.05) is 19.9 Å². The molecule has 0 aromatic carbocycles. The molecule has 1 saturated heterocycles. The summed E-state index contributed by atoms with van der Waals surface area (Å²) in [7, 11) is 2.78. The summed E-state index contributed by atoms with van der Waals surface area (Å²) >= 11 is 0. The van der Waals surface area contributed by atoms with E-state index in [9.17, 15) is 27.6 Å². The standard InChI is InChI=1S/C18H23F3N6O4/c1-10(2)5-7-27-12-13(24(3)17(30)25(4)14(12)28)23-16(27)26-8-6-22-9-11(26)31-15(29)18(19,20)21/h5,11,22H,6-9H2,1-4H3. The molecule has 0 bridgehead atoms. The molecule has 3 rings (SSSR count). The number of rotatable bonds is 4. The van der Waals surface area contributed by atoms with E-state index in [0.717, 1.165) is 10.1 Å². The number of carbonyl (C=O) groups is 1. The molecular weight excluding hydrogens is 421 g/mol. The maximum Gasteiger partial charge on any atom is 0.491 e. The number of allylic oxidation sites excluding steroid dienone is 2. The molecule has 10 nitrogen and oxygen atoms in total. The van der Waals surface area contributed by atoms with E-state index < -0.39 is 29.6 Å². The van der Waals surface area contributed by atoms with Gasteiger partial charge in [-0.1, -0.05) is 11.6 Å². The SMILES string of the molecule is CC(C)=CCn1c(N2CCNCC2OC(=O)C(F)(F)F)nc2c1c(=O)n(C)c(=O)n2C. The number of hydrogen-bond acceptors (Lipinski definition) is 7. The van der Waals surface area contributed by atoms with Gasteiger partial charge in [-0.05, 0) is 13.8 Å². The van der Waals surface area contributed by atoms with Gasteiger partial charge in [0.2, 0.25) is 5.95 Å². The largest absolute Gasteiger partial charge is 0.491 e. The van der Waals surface area contributed by atoms with Gasteiger partial charge in [0.25, 0.3) is 5.56 Å². The number of aromatic nitrogens is 4. The molecule has 31 heavy (non-hydrogen) atoms. The molecule has 0 radical (unpaired) electrons. The number of alkyl halides is 3. The first-order valence-corrected chi connectivity index (χ1v) is 9.48. The summed E-state index contributed by atoms with van der Waals surface area (Å²) in [5, 5.41) is 2.88. The molecule has 0 saturated carbocycles. The average molecular weight is 444 g/mol. The fraction of sp³-hybridized carbons (Fsp3) is 0.556. The van der Waals surface area contributed by atoms with Crippen molar-refractivity contribution in [2.75, 3.05) is 24.5 Å². The fourth-order valence-electron chi connectivity index (χ4n) is 3.30. The lowest BCUT2D eigenvalue weighted by atomic mass is 10.3. The number of nitrogens with one attached hydrogen (secondary N) is 1. The summed E-state index contributed by atoms with van der Waals surface area (Å²) in [6.45, 7) is 4.39. The summed E-state index contributed by atoms with van der Waals surface area (Å²) in [6.07, 6.45) is -4.63. The van der Waals surface area contributed by atoms with E-state index in [2.05, 4.69) is 15.0 Å². The maximum absolute atomic E-state index is 12.9. The number of ether oxygens (including phenoxy) is 1. The summed E-state index contributed by atoms with van der Waals surface area (Å²) in [6, 6.07) is 0. The highest BCUT2D eigenvalue weighted by atomic mass is 19.4. The van der Waals surface area contributed by atoms with E-state index in [1.165, 1.54) is 28.1 Å². The quantitative estimate of drug-likeness (QED) is 0.532. The minimum absolute atomic E-state index is 0.0649. The molecule has 1 aliphatic heterocycles. The Hall–Kier alpha value is -3.09. The molecule has 1 aliphatic rings. The minimum Gasteiger partial charge on any atom is -0.433 e. The van der Waals surface area contributed by atoms with E-state index in [4.69, 9.17) is 0 Å². The van der Waals surface area contributed by atoms with Crippen LogP contribution >= 0.6 is 0 Å². The van der Waals surface area contributed by atoms with Crippen LogP contribution in [-0.2, 0) is 30.2 Å². The van der Waals surface area contributed by atoms with Crippen LogP contribution in [0.4, 0.5) is 19.1 Å². The molecule has 3 heterocycles.